The summed E-state index contributed by atoms with van der Waals surface area (Å²) in [5.74, 6) is -6.30. The van der Waals surface area contributed by atoms with E-state index in [0.29, 0.717) is 0 Å². The van der Waals surface area contributed by atoms with Gasteiger partial charge < -0.3 is 50.3 Å². The number of phenolic OH excluding ortho intramolecular Hbond substituents is 8. The molecule has 4 aromatic rings. The number of hydrogen-bond acceptors (Lipinski definition) is 12. The Morgan fingerprint density at radius 2 is 0.943 bits per heavy atom. The number of hydrogen-bond donors (Lipinski definition) is 8. The van der Waals surface area contributed by atoms with Gasteiger partial charge in [0.2, 0.25) is 0 Å². The molecule has 2 aliphatic heterocycles. The number of phenols is 8. The van der Waals surface area contributed by atoms with Crippen molar-refractivity contribution in [2.75, 3.05) is 0 Å². The lowest BCUT2D eigenvalue weighted by Gasteiger charge is -2.31. The predicted molar refractivity (Wildman–Crippen MR) is 196 cm³/mol. The number of allylic oxidation sites excluding steroid dienone is 2. The topological polar surface area (TPSA) is 214 Å². The van der Waals surface area contributed by atoms with Gasteiger partial charge in [0.15, 0.2) is 34.6 Å². The molecule has 2 aliphatic rings. The molecule has 53 heavy (non-hydrogen) atoms. The second kappa shape index (κ2) is 13.1. The molecular formula is C41H36O12. The molecule has 0 saturated heterocycles. The van der Waals surface area contributed by atoms with Crippen LogP contribution in [0.25, 0.3) is 24.3 Å². The molecule has 12 nitrogen and oxygen atoms in total. The third kappa shape index (κ3) is 6.58. The highest BCUT2D eigenvalue weighted by Crippen LogP contribution is 2.52. The molecule has 0 amide bonds. The van der Waals surface area contributed by atoms with E-state index < -0.39 is 75.2 Å². The van der Waals surface area contributed by atoms with Gasteiger partial charge in [-0.1, -0.05) is 24.3 Å². The van der Waals surface area contributed by atoms with E-state index in [9.17, 15) is 50.4 Å². The Morgan fingerprint density at radius 3 is 1.32 bits per heavy atom. The highest BCUT2D eigenvalue weighted by molar-refractivity contribution is 6.13. The van der Waals surface area contributed by atoms with E-state index in [0.717, 1.165) is 12.2 Å². The minimum Gasteiger partial charge on any atom is -0.507 e. The zero-order valence-corrected chi connectivity index (χ0v) is 29.0. The monoisotopic (exact) mass is 720 g/mol. The van der Waals surface area contributed by atoms with E-state index in [2.05, 4.69) is 0 Å². The van der Waals surface area contributed by atoms with Crippen LogP contribution < -0.4 is 9.47 Å². The van der Waals surface area contributed by atoms with Gasteiger partial charge in [-0.25, -0.2) is 0 Å². The van der Waals surface area contributed by atoms with Gasteiger partial charge in [0, 0.05) is 28.7 Å². The van der Waals surface area contributed by atoms with Crippen molar-refractivity contribution in [2.45, 2.75) is 45.3 Å². The van der Waals surface area contributed by atoms with Crippen LogP contribution in [0.15, 0.2) is 60.7 Å². The van der Waals surface area contributed by atoms with Crippen LogP contribution in [0.1, 0.15) is 81.8 Å². The first-order valence-corrected chi connectivity index (χ1v) is 16.4. The summed E-state index contributed by atoms with van der Waals surface area (Å²) in [5, 5.41) is 86.8. The van der Waals surface area contributed by atoms with Gasteiger partial charge in [-0.2, -0.15) is 0 Å². The van der Waals surface area contributed by atoms with Crippen LogP contribution >= 0.6 is 0 Å². The van der Waals surface area contributed by atoms with Crippen LogP contribution in [0.3, 0.4) is 0 Å². The molecule has 8 N–H and O–H groups in total. The van der Waals surface area contributed by atoms with Crippen molar-refractivity contribution in [3.63, 3.8) is 0 Å². The molecular weight excluding hydrogens is 684 g/mol. The van der Waals surface area contributed by atoms with Crippen LogP contribution in [-0.2, 0) is 6.42 Å². The van der Waals surface area contributed by atoms with Gasteiger partial charge in [-0.15, -0.1) is 0 Å². The summed E-state index contributed by atoms with van der Waals surface area (Å²) in [4.78, 5) is 27.6. The fraction of sp³-hybridized carbons (Fsp3) is 0.171. The third-order valence-corrected chi connectivity index (χ3v) is 8.87. The number of carbonyl (C=O) groups excluding carboxylic acids is 2. The van der Waals surface area contributed by atoms with Gasteiger partial charge in [0.1, 0.15) is 56.8 Å². The van der Waals surface area contributed by atoms with Crippen molar-refractivity contribution >= 4 is 35.9 Å². The van der Waals surface area contributed by atoms with Crippen molar-refractivity contribution in [2.24, 2.45) is 0 Å². The lowest BCUT2D eigenvalue weighted by Crippen LogP contribution is -2.29. The van der Waals surface area contributed by atoms with E-state index in [-0.39, 0.29) is 56.0 Å². The molecule has 6 rings (SSSR count). The van der Waals surface area contributed by atoms with Gasteiger partial charge in [-0.3, -0.25) is 9.59 Å². The summed E-state index contributed by atoms with van der Waals surface area (Å²) in [7, 11) is 0. The largest absolute Gasteiger partial charge is 0.507 e. The number of ether oxygens (including phenoxy) is 2. The van der Waals surface area contributed by atoms with Crippen LogP contribution in [-0.4, -0.2) is 63.6 Å². The molecule has 272 valence electrons. The average Bonchev–Trinajstić information content (AvgIpc) is 3.08. The zero-order chi connectivity index (χ0) is 38.6. The summed E-state index contributed by atoms with van der Waals surface area (Å²) >= 11 is 0. The summed E-state index contributed by atoms with van der Waals surface area (Å²) in [5.41, 5.74) is -3.09. The highest BCUT2D eigenvalue weighted by Gasteiger charge is 2.36. The molecule has 0 radical (unpaired) electrons. The second-order valence-electron chi connectivity index (χ2n) is 13.7. The molecule has 0 unspecified atom stereocenters. The van der Waals surface area contributed by atoms with Gasteiger partial charge in [0.25, 0.3) is 0 Å². The maximum atomic E-state index is 13.8. The van der Waals surface area contributed by atoms with E-state index in [1.165, 1.54) is 60.7 Å². The van der Waals surface area contributed by atoms with Crippen molar-refractivity contribution in [1.29, 1.82) is 0 Å². The number of benzene rings is 4. The van der Waals surface area contributed by atoms with Crippen LogP contribution in [0.4, 0.5) is 0 Å². The predicted octanol–water partition coefficient (Wildman–Crippen LogP) is 7.08. The Labute approximate surface area is 303 Å². The van der Waals surface area contributed by atoms with E-state index in [1.807, 2.05) is 0 Å². The first kappa shape index (κ1) is 36.0. The number of ketones is 2. The number of para-hydroxylation sites is 2. The Balaban J connectivity index is 1.52. The number of carbonyl (C=O) groups is 2. The van der Waals surface area contributed by atoms with Gasteiger partial charge in [-0.05, 0) is 88.4 Å². The maximum absolute atomic E-state index is 13.8. The summed E-state index contributed by atoms with van der Waals surface area (Å²) in [6.07, 6.45) is 10.1. The molecule has 0 spiro atoms. The Morgan fingerprint density at radius 1 is 0.566 bits per heavy atom. The SMILES string of the molecule is CC1(C)C=Cc2c(O)c(Cc3c(O)c4c(c(C(=O)/C=C/c5cccc(O)c5O)c3O)OC(C)(C)C=C4)c(O)c(C(=O)/C=C/c3cccc(O)c3O)c2O1. The molecule has 2 heterocycles. The molecule has 0 bridgehead atoms. The van der Waals surface area contributed by atoms with Crippen LogP contribution in [0.5, 0.6) is 57.5 Å². The van der Waals surface area contributed by atoms with E-state index >= 15 is 0 Å². The molecule has 0 aliphatic carbocycles. The van der Waals surface area contributed by atoms with Gasteiger partial charge >= 0.3 is 0 Å². The van der Waals surface area contributed by atoms with E-state index in [1.54, 1.807) is 39.8 Å². The smallest absolute Gasteiger partial charge is 0.193 e. The van der Waals surface area contributed by atoms with Gasteiger partial charge in [0.05, 0.1) is 11.1 Å². The Hall–Kier alpha value is -6.82. The maximum Gasteiger partial charge on any atom is 0.193 e. The molecule has 0 aromatic heterocycles. The minimum atomic E-state index is -0.969. The molecule has 0 atom stereocenters. The molecule has 0 saturated carbocycles. The lowest BCUT2D eigenvalue weighted by molar-refractivity contribution is 0.102. The Bertz CT molecular complexity index is 2180. The Kier molecular flexibility index (Phi) is 8.87. The zero-order valence-electron chi connectivity index (χ0n) is 29.0. The number of rotatable bonds is 8. The van der Waals surface area contributed by atoms with Crippen LogP contribution in [0, 0.1) is 0 Å². The van der Waals surface area contributed by atoms with Crippen LogP contribution in [0.2, 0.25) is 0 Å². The summed E-state index contributed by atoms with van der Waals surface area (Å²) in [6.45, 7) is 6.77. The summed E-state index contributed by atoms with van der Waals surface area (Å²) in [6, 6.07) is 8.32. The third-order valence-electron chi connectivity index (χ3n) is 8.87. The van der Waals surface area contributed by atoms with Crippen molar-refractivity contribution in [1.82, 2.24) is 0 Å². The molecule has 12 heteroatoms. The highest BCUT2D eigenvalue weighted by atomic mass is 16.5. The number of aromatic hydroxyl groups is 8. The average molecular weight is 721 g/mol. The minimum absolute atomic E-state index is 0.0150. The number of fused-ring (bicyclic) bond motifs is 2. The van der Waals surface area contributed by atoms with Crippen molar-refractivity contribution in [3.05, 3.63) is 105 Å². The first-order valence-electron chi connectivity index (χ1n) is 16.4. The summed E-state index contributed by atoms with van der Waals surface area (Å²) < 4.78 is 12.1. The fourth-order valence-electron chi connectivity index (χ4n) is 6.07. The quantitative estimate of drug-likeness (QED) is 0.0521. The normalized spacial score (nSPS) is 15.2. The second-order valence-corrected chi connectivity index (χ2v) is 13.7. The van der Waals surface area contributed by atoms with Crippen molar-refractivity contribution < 1.29 is 59.9 Å². The lowest BCUT2D eigenvalue weighted by atomic mass is 9.87. The fourth-order valence-corrected chi connectivity index (χ4v) is 6.07. The standard InChI is InChI=1S/C41H36O12/c1-40(2)17-15-22-34(48)24(36(50)30(38(22)52-40)26(42)13-11-20-7-5-9-28(44)32(20)46)19-25-35(49)23-16-18-41(3,4)53-39(23)31(37(25)51)27(43)14-12-21-8-6-10-29(45)33(21)47/h5-18,44-51H,19H2,1-4H3/b13-11+,14-12+. The first-order chi connectivity index (χ1) is 24.9. The molecule has 0 fully saturated rings. The molecule has 4 aromatic carbocycles. The van der Waals surface area contributed by atoms with Crippen molar-refractivity contribution in [3.8, 4) is 57.5 Å². The van der Waals surface area contributed by atoms with E-state index in [4.69, 9.17) is 9.47 Å².